The molecule has 3 aromatic rings. The van der Waals surface area contributed by atoms with Gasteiger partial charge in [-0.1, -0.05) is 54.6 Å². The molecule has 3 rings (SSSR count). The van der Waals surface area contributed by atoms with E-state index in [9.17, 15) is 4.79 Å². The number of hydrogen-bond donors (Lipinski definition) is 1. The highest BCUT2D eigenvalue weighted by atomic mass is 16.5. The van der Waals surface area contributed by atoms with Crippen LogP contribution in [0.4, 0.5) is 5.69 Å². The Morgan fingerprint density at radius 2 is 1.58 bits per heavy atom. The summed E-state index contributed by atoms with van der Waals surface area (Å²) in [5, 5.41) is 11.6. The third kappa shape index (κ3) is 4.49. The van der Waals surface area contributed by atoms with E-state index in [4.69, 9.17) is 10.00 Å². The van der Waals surface area contributed by atoms with Crippen LogP contribution in [0.5, 0.6) is 5.75 Å². The fourth-order valence-corrected chi connectivity index (χ4v) is 2.51. The topological polar surface area (TPSA) is 62.1 Å². The lowest BCUT2D eigenvalue weighted by Gasteiger charge is -2.12. The number of nitriles is 1. The van der Waals surface area contributed by atoms with Crippen LogP contribution in [0.25, 0.3) is 0 Å². The van der Waals surface area contributed by atoms with E-state index in [1.807, 2.05) is 48.5 Å². The lowest BCUT2D eigenvalue weighted by Crippen LogP contribution is -2.13. The first-order valence-electron chi connectivity index (χ1n) is 8.29. The van der Waals surface area contributed by atoms with Crippen LogP contribution < -0.4 is 10.1 Å². The number of hydrogen-bond acceptors (Lipinski definition) is 3. The molecule has 0 saturated heterocycles. The normalized spacial score (nSPS) is 9.96. The number of benzene rings is 3. The van der Waals surface area contributed by atoms with Crippen molar-refractivity contribution >= 4 is 11.6 Å². The maximum Gasteiger partial charge on any atom is 0.259 e. The average Bonchev–Trinajstić information content (AvgIpc) is 2.69. The Kier molecular flexibility index (Phi) is 5.64. The number of rotatable bonds is 6. The molecule has 0 spiro atoms. The molecule has 1 N–H and O–H groups in total. The summed E-state index contributed by atoms with van der Waals surface area (Å²) in [5.74, 6) is 0.302. The van der Waals surface area contributed by atoms with Crippen molar-refractivity contribution in [2.75, 3.05) is 5.32 Å². The van der Waals surface area contributed by atoms with E-state index in [0.29, 0.717) is 30.0 Å². The summed E-state index contributed by atoms with van der Waals surface area (Å²) in [7, 11) is 0. The molecule has 0 radical (unpaired) electrons. The Morgan fingerprint density at radius 1 is 0.885 bits per heavy atom. The minimum absolute atomic E-state index is 0.235. The minimum Gasteiger partial charge on any atom is -0.488 e. The van der Waals surface area contributed by atoms with Crippen molar-refractivity contribution < 1.29 is 9.53 Å². The summed E-state index contributed by atoms with van der Waals surface area (Å²) in [5.41, 5.74) is 3.10. The Morgan fingerprint density at radius 3 is 2.31 bits per heavy atom. The number of carbonyl (C=O) groups is 1. The van der Waals surface area contributed by atoms with Crippen molar-refractivity contribution in [3.05, 3.63) is 95.6 Å². The molecule has 0 heterocycles. The predicted octanol–water partition coefficient (Wildman–Crippen LogP) is 4.58. The summed E-state index contributed by atoms with van der Waals surface area (Å²) in [6.07, 6.45) is 0.352. The van der Waals surface area contributed by atoms with E-state index in [1.54, 1.807) is 30.3 Å². The van der Waals surface area contributed by atoms with Crippen LogP contribution in [0.3, 0.4) is 0 Å². The van der Waals surface area contributed by atoms with Crippen LogP contribution in [0.2, 0.25) is 0 Å². The number of anilines is 1. The molecule has 0 saturated carbocycles. The van der Waals surface area contributed by atoms with E-state index in [0.717, 1.165) is 11.1 Å². The van der Waals surface area contributed by atoms with Crippen molar-refractivity contribution in [1.29, 1.82) is 5.26 Å². The lowest BCUT2D eigenvalue weighted by molar-refractivity contribution is 0.102. The molecule has 0 aliphatic heterocycles. The van der Waals surface area contributed by atoms with Crippen LogP contribution >= 0.6 is 0 Å². The van der Waals surface area contributed by atoms with E-state index in [2.05, 4.69) is 11.4 Å². The van der Waals surface area contributed by atoms with Crippen LogP contribution in [0.15, 0.2) is 78.9 Å². The zero-order valence-electron chi connectivity index (χ0n) is 14.2. The van der Waals surface area contributed by atoms with Crippen molar-refractivity contribution in [3.63, 3.8) is 0 Å². The summed E-state index contributed by atoms with van der Waals surface area (Å²) in [4.78, 5) is 12.6. The van der Waals surface area contributed by atoms with Crippen molar-refractivity contribution in [2.24, 2.45) is 0 Å². The monoisotopic (exact) mass is 342 g/mol. The van der Waals surface area contributed by atoms with Gasteiger partial charge < -0.3 is 10.1 Å². The summed E-state index contributed by atoms with van der Waals surface area (Å²) >= 11 is 0. The van der Waals surface area contributed by atoms with Gasteiger partial charge in [0.05, 0.1) is 18.1 Å². The molecule has 0 unspecified atom stereocenters. The van der Waals surface area contributed by atoms with Gasteiger partial charge in [-0.3, -0.25) is 4.79 Å². The van der Waals surface area contributed by atoms with Gasteiger partial charge in [0.25, 0.3) is 5.91 Å². The second-order valence-corrected chi connectivity index (χ2v) is 5.76. The van der Waals surface area contributed by atoms with Crippen LogP contribution in [0, 0.1) is 11.3 Å². The number of para-hydroxylation sites is 1. The van der Waals surface area contributed by atoms with Gasteiger partial charge in [-0.05, 0) is 35.4 Å². The van der Waals surface area contributed by atoms with Crippen molar-refractivity contribution in [3.8, 4) is 11.8 Å². The largest absolute Gasteiger partial charge is 0.488 e. The smallest absolute Gasteiger partial charge is 0.259 e. The Labute approximate surface area is 152 Å². The zero-order valence-corrected chi connectivity index (χ0v) is 14.2. The highest BCUT2D eigenvalue weighted by molar-refractivity contribution is 6.06. The number of amides is 1. The first-order valence-corrected chi connectivity index (χ1v) is 8.29. The third-order valence-corrected chi connectivity index (χ3v) is 3.86. The van der Waals surface area contributed by atoms with Gasteiger partial charge in [0.15, 0.2) is 0 Å². The van der Waals surface area contributed by atoms with Crippen LogP contribution in [-0.2, 0) is 13.0 Å². The van der Waals surface area contributed by atoms with E-state index in [-0.39, 0.29) is 5.91 Å². The maximum absolute atomic E-state index is 12.6. The summed E-state index contributed by atoms with van der Waals surface area (Å²) in [6.45, 7) is 0.397. The number of ether oxygens (including phenoxy) is 1. The van der Waals surface area contributed by atoms with Gasteiger partial charge in [-0.25, -0.2) is 0 Å². The van der Waals surface area contributed by atoms with Gasteiger partial charge in [-0.15, -0.1) is 0 Å². The molecule has 0 atom stereocenters. The lowest BCUT2D eigenvalue weighted by atomic mass is 10.1. The first-order chi connectivity index (χ1) is 12.8. The third-order valence-electron chi connectivity index (χ3n) is 3.86. The van der Waals surface area contributed by atoms with Crippen molar-refractivity contribution in [2.45, 2.75) is 13.0 Å². The second kappa shape index (κ2) is 8.50. The Hall–Kier alpha value is -3.58. The first kappa shape index (κ1) is 17.2. The van der Waals surface area contributed by atoms with Gasteiger partial charge in [0, 0.05) is 5.69 Å². The Balaban J connectivity index is 1.70. The van der Waals surface area contributed by atoms with Gasteiger partial charge in [-0.2, -0.15) is 5.26 Å². The van der Waals surface area contributed by atoms with Gasteiger partial charge >= 0.3 is 0 Å². The van der Waals surface area contributed by atoms with Gasteiger partial charge in [0.1, 0.15) is 12.4 Å². The van der Waals surface area contributed by atoms with E-state index >= 15 is 0 Å². The summed E-state index contributed by atoms with van der Waals surface area (Å²) in [6, 6.07) is 26.3. The van der Waals surface area contributed by atoms with E-state index in [1.165, 1.54) is 0 Å². The minimum atomic E-state index is -0.235. The molecule has 0 aliphatic rings. The van der Waals surface area contributed by atoms with E-state index < -0.39 is 0 Å². The summed E-state index contributed by atoms with van der Waals surface area (Å²) < 4.78 is 5.84. The second-order valence-electron chi connectivity index (χ2n) is 5.76. The SMILES string of the molecule is N#CCc1ccc(NC(=O)c2ccccc2OCc2ccccc2)cc1. The predicted molar refractivity (Wildman–Crippen MR) is 101 cm³/mol. The van der Waals surface area contributed by atoms with Crippen LogP contribution in [-0.4, -0.2) is 5.91 Å². The molecule has 26 heavy (non-hydrogen) atoms. The van der Waals surface area contributed by atoms with Crippen LogP contribution in [0.1, 0.15) is 21.5 Å². The highest BCUT2D eigenvalue weighted by Crippen LogP contribution is 2.21. The fraction of sp³-hybridized carbons (Fsp3) is 0.0909. The molecule has 0 bridgehead atoms. The molecular weight excluding hydrogens is 324 g/mol. The molecule has 0 aliphatic carbocycles. The molecule has 4 nitrogen and oxygen atoms in total. The Bertz CT molecular complexity index is 913. The molecule has 128 valence electrons. The average molecular weight is 342 g/mol. The molecule has 0 fully saturated rings. The van der Waals surface area contributed by atoms with Crippen molar-refractivity contribution in [1.82, 2.24) is 0 Å². The number of carbonyl (C=O) groups excluding carboxylic acids is 1. The molecule has 4 heteroatoms. The quantitative estimate of drug-likeness (QED) is 0.713. The standard InChI is InChI=1S/C22H18N2O2/c23-15-14-17-10-12-19(13-11-17)24-22(25)20-8-4-5-9-21(20)26-16-18-6-2-1-3-7-18/h1-13H,14,16H2,(H,24,25). The number of nitrogens with zero attached hydrogens (tertiary/aromatic N) is 1. The molecule has 3 aromatic carbocycles. The maximum atomic E-state index is 12.6. The fourth-order valence-electron chi connectivity index (χ4n) is 2.51. The molecule has 0 aromatic heterocycles. The highest BCUT2D eigenvalue weighted by Gasteiger charge is 2.12. The molecular formula is C22H18N2O2. The zero-order chi connectivity index (χ0) is 18.2. The number of nitrogens with one attached hydrogen (secondary N) is 1. The molecule has 1 amide bonds. The van der Waals surface area contributed by atoms with Gasteiger partial charge in [0.2, 0.25) is 0 Å².